The predicted octanol–water partition coefficient (Wildman–Crippen LogP) is 2.34. The van der Waals surface area contributed by atoms with Gasteiger partial charge in [0.1, 0.15) is 6.54 Å². The summed E-state index contributed by atoms with van der Waals surface area (Å²) in [5, 5.41) is 12.9. The van der Waals surface area contributed by atoms with Gasteiger partial charge in [-0.25, -0.2) is 0 Å². The molecule has 0 aliphatic rings. The third kappa shape index (κ3) is 4.71. The van der Waals surface area contributed by atoms with Gasteiger partial charge in [-0.05, 0) is 30.4 Å². The number of amides is 1. The zero-order chi connectivity index (χ0) is 14.6. The molecule has 1 rings (SSSR count). The molecule has 2 atom stereocenters. The van der Waals surface area contributed by atoms with E-state index in [2.05, 4.69) is 19.2 Å². The molecule has 0 saturated carbocycles. The summed E-state index contributed by atoms with van der Waals surface area (Å²) in [4.78, 5) is 11.8. The Bertz CT molecular complexity index is 410. The number of aliphatic hydroxyl groups excluding tert-OH is 1. The Morgan fingerprint density at radius 1 is 1.26 bits per heavy atom. The zero-order valence-electron chi connectivity index (χ0n) is 12.6. The van der Waals surface area contributed by atoms with Crippen molar-refractivity contribution in [2.45, 2.75) is 53.3 Å². The van der Waals surface area contributed by atoms with Gasteiger partial charge in [0.25, 0.3) is 0 Å². The first-order chi connectivity index (χ1) is 8.81. The Morgan fingerprint density at radius 2 is 1.89 bits per heavy atom. The third-order valence-electron chi connectivity index (χ3n) is 3.46. The van der Waals surface area contributed by atoms with E-state index in [4.69, 9.17) is 0 Å². The fourth-order valence-corrected chi connectivity index (χ4v) is 1.75. The topological polar surface area (TPSA) is 54.3 Å². The van der Waals surface area contributed by atoms with Gasteiger partial charge in [-0.3, -0.25) is 4.79 Å². The van der Waals surface area contributed by atoms with Crippen LogP contribution < -0.4 is 5.32 Å². The summed E-state index contributed by atoms with van der Waals surface area (Å²) in [6.45, 7) is 10.4. The number of hydrogen-bond acceptors (Lipinski definition) is 2. The molecule has 1 heterocycles. The van der Waals surface area contributed by atoms with Gasteiger partial charge in [0, 0.05) is 18.4 Å². The normalized spacial score (nSPS) is 14.7. The Kier molecular flexibility index (Phi) is 5.60. The molecule has 0 aliphatic carbocycles. The van der Waals surface area contributed by atoms with Crippen LogP contribution in [0, 0.1) is 11.8 Å². The molecule has 0 fully saturated rings. The van der Waals surface area contributed by atoms with Crippen LogP contribution >= 0.6 is 0 Å². The number of nitrogens with one attached hydrogen (secondary N) is 1. The van der Waals surface area contributed by atoms with Crippen LogP contribution in [0.4, 0.5) is 0 Å². The minimum absolute atomic E-state index is 0.00221. The van der Waals surface area contributed by atoms with Crippen molar-refractivity contribution in [1.29, 1.82) is 0 Å². The van der Waals surface area contributed by atoms with Crippen molar-refractivity contribution in [2.75, 3.05) is 0 Å². The molecule has 2 unspecified atom stereocenters. The van der Waals surface area contributed by atoms with Crippen LogP contribution in [0.5, 0.6) is 0 Å². The number of aromatic nitrogens is 1. The Hall–Kier alpha value is -1.29. The van der Waals surface area contributed by atoms with Crippen molar-refractivity contribution >= 4 is 5.91 Å². The monoisotopic (exact) mass is 266 g/mol. The SMILES string of the molecule is CC(C)C(C)NC(=O)Cn1ccc(C(O)C(C)C)c1. The van der Waals surface area contributed by atoms with Gasteiger partial charge in [0.2, 0.25) is 5.91 Å². The van der Waals surface area contributed by atoms with E-state index in [-0.39, 0.29) is 17.9 Å². The number of carbonyl (C=O) groups is 1. The maximum atomic E-state index is 11.8. The second-order valence-electron chi connectivity index (χ2n) is 5.91. The van der Waals surface area contributed by atoms with E-state index in [1.165, 1.54) is 0 Å². The molecule has 1 aromatic rings. The molecule has 0 saturated heterocycles. The largest absolute Gasteiger partial charge is 0.388 e. The maximum absolute atomic E-state index is 11.8. The zero-order valence-corrected chi connectivity index (χ0v) is 12.6. The first-order valence-corrected chi connectivity index (χ1v) is 6.94. The van der Waals surface area contributed by atoms with Crippen LogP contribution in [0.15, 0.2) is 18.5 Å². The van der Waals surface area contributed by atoms with E-state index >= 15 is 0 Å². The van der Waals surface area contributed by atoms with E-state index in [0.717, 1.165) is 5.56 Å². The van der Waals surface area contributed by atoms with Gasteiger partial charge in [0.15, 0.2) is 0 Å². The Labute approximate surface area is 115 Å². The van der Waals surface area contributed by atoms with E-state index in [0.29, 0.717) is 12.5 Å². The molecule has 108 valence electrons. The standard InChI is InChI=1S/C15H26N2O2/c1-10(2)12(5)16-14(18)9-17-7-6-13(8-17)15(19)11(3)4/h6-8,10-12,15,19H,9H2,1-5H3,(H,16,18). The molecule has 0 spiro atoms. The second-order valence-corrected chi connectivity index (χ2v) is 5.91. The summed E-state index contributed by atoms with van der Waals surface area (Å²) in [5.74, 6) is 0.597. The van der Waals surface area contributed by atoms with Gasteiger partial charge < -0.3 is 15.0 Å². The predicted molar refractivity (Wildman–Crippen MR) is 76.7 cm³/mol. The minimum Gasteiger partial charge on any atom is -0.388 e. The fraction of sp³-hybridized carbons (Fsp3) is 0.667. The summed E-state index contributed by atoms with van der Waals surface area (Å²) in [5.41, 5.74) is 0.861. The van der Waals surface area contributed by atoms with E-state index in [1.807, 2.05) is 43.8 Å². The second kappa shape index (κ2) is 6.75. The van der Waals surface area contributed by atoms with Crippen LogP contribution in [-0.4, -0.2) is 21.6 Å². The summed E-state index contributed by atoms with van der Waals surface area (Å²) < 4.78 is 1.81. The summed E-state index contributed by atoms with van der Waals surface area (Å²) in [7, 11) is 0. The van der Waals surface area contributed by atoms with Crippen LogP contribution in [0.2, 0.25) is 0 Å². The lowest BCUT2D eigenvalue weighted by molar-refractivity contribution is -0.122. The lowest BCUT2D eigenvalue weighted by atomic mass is 10.0. The number of carbonyl (C=O) groups excluding carboxylic acids is 1. The molecule has 0 radical (unpaired) electrons. The molecule has 1 amide bonds. The molecular formula is C15H26N2O2. The number of hydrogen-bond donors (Lipinski definition) is 2. The Balaban J connectivity index is 2.56. The van der Waals surface area contributed by atoms with Crippen molar-refractivity contribution in [2.24, 2.45) is 11.8 Å². The highest BCUT2D eigenvalue weighted by Gasteiger charge is 2.15. The van der Waals surface area contributed by atoms with Crippen molar-refractivity contribution in [3.05, 3.63) is 24.0 Å². The lowest BCUT2D eigenvalue weighted by Gasteiger charge is -2.17. The van der Waals surface area contributed by atoms with Crippen LogP contribution in [0.1, 0.15) is 46.3 Å². The first kappa shape index (κ1) is 15.8. The molecule has 2 N–H and O–H groups in total. The minimum atomic E-state index is -0.473. The lowest BCUT2D eigenvalue weighted by Crippen LogP contribution is -2.37. The highest BCUT2D eigenvalue weighted by Crippen LogP contribution is 2.21. The number of rotatable bonds is 6. The van der Waals surface area contributed by atoms with Crippen molar-refractivity contribution in [3.8, 4) is 0 Å². The van der Waals surface area contributed by atoms with Crippen molar-refractivity contribution in [3.63, 3.8) is 0 Å². The highest BCUT2D eigenvalue weighted by atomic mass is 16.3. The molecule has 0 aliphatic heterocycles. The van der Waals surface area contributed by atoms with Crippen molar-refractivity contribution in [1.82, 2.24) is 9.88 Å². The summed E-state index contributed by atoms with van der Waals surface area (Å²) in [6, 6.07) is 2.04. The van der Waals surface area contributed by atoms with Gasteiger partial charge >= 0.3 is 0 Å². The molecule has 19 heavy (non-hydrogen) atoms. The van der Waals surface area contributed by atoms with E-state index < -0.39 is 6.10 Å². The fourth-order valence-electron chi connectivity index (χ4n) is 1.75. The summed E-state index contributed by atoms with van der Waals surface area (Å²) >= 11 is 0. The van der Waals surface area contributed by atoms with Gasteiger partial charge in [0.05, 0.1) is 6.10 Å². The summed E-state index contributed by atoms with van der Waals surface area (Å²) in [6.07, 6.45) is 3.20. The molecule has 4 nitrogen and oxygen atoms in total. The van der Waals surface area contributed by atoms with Gasteiger partial charge in [-0.15, -0.1) is 0 Å². The Morgan fingerprint density at radius 3 is 2.42 bits per heavy atom. The van der Waals surface area contributed by atoms with Crippen LogP contribution in [0.3, 0.4) is 0 Å². The first-order valence-electron chi connectivity index (χ1n) is 6.94. The smallest absolute Gasteiger partial charge is 0.240 e. The van der Waals surface area contributed by atoms with Crippen LogP contribution in [0.25, 0.3) is 0 Å². The average Bonchev–Trinajstić information content (AvgIpc) is 2.75. The average molecular weight is 266 g/mol. The van der Waals surface area contributed by atoms with Crippen molar-refractivity contribution < 1.29 is 9.90 Å². The number of nitrogens with zero attached hydrogens (tertiary/aromatic N) is 1. The maximum Gasteiger partial charge on any atom is 0.240 e. The van der Waals surface area contributed by atoms with Crippen LogP contribution in [-0.2, 0) is 11.3 Å². The van der Waals surface area contributed by atoms with E-state index in [9.17, 15) is 9.90 Å². The molecule has 4 heteroatoms. The third-order valence-corrected chi connectivity index (χ3v) is 3.46. The van der Waals surface area contributed by atoms with Gasteiger partial charge in [-0.2, -0.15) is 0 Å². The van der Waals surface area contributed by atoms with Gasteiger partial charge in [-0.1, -0.05) is 27.7 Å². The molecule has 1 aromatic heterocycles. The quantitative estimate of drug-likeness (QED) is 0.830. The number of aliphatic hydroxyl groups is 1. The molecule has 0 bridgehead atoms. The molecular weight excluding hydrogens is 240 g/mol. The van der Waals surface area contributed by atoms with E-state index in [1.54, 1.807) is 0 Å². The molecule has 0 aromatic carbocycles. The highest BCUT2D eigenvalue weighted by molar-refractivity contribution is 5.76.